The molecule has 0 aliphatic carbocycles. The van der Waals surface area contributed by atoms with Crippen LogP contribution in [0, 0.1) is 0 Å². The van der Waals surface area contributed by atoms with E-state index in [9.17, 15) is 18.0 Å². The number of benzene rings is 2. The van der Waals surface area contributed by atoms with Gasteiger partial charge in [0.25, 0.3) is 0 Å². The number of nitrogens with one attached hydrogen (secondary N) is 1. The van der Waals surface area contributed by atoms with E-state index in [4.69, 9.17) is 16.3 Å². The number of methoxy groups -OCH3 is 1. The maximum absolute atomic E-state index is 13.4. The molecule has 0 aliphatic rings. The summed E-state index contributed by atoms with van der Waals surface area (Å²) in [5.41, 5.74) is 0.965. The summed E-state index contributed by atoms with van der Waals surface area (Å²) >= 11 is 6.28. The van der Waals surface area contributed by atoms with E-state index in [1.807, 2.05) is 0 Å². The number of sulfonamides is 1. The maximum atomic E-state index is 13.4. The van der Waals surface area contributed by atoms with Gasteiger partial charge in [-0.05, 0) is 42.3 Å². The molecule has 10 heteroatoms. The van der Waals surface area contributed by atoms with Gasteiger partial charge in [-0.3, -0.25) is 13.9 Å². The smallest absolute Gasteiger partial charge is 0.244 e. The number of carbonyl (C=O) groups is 2. The van der Waals surface area contributed by atoms with Crippen LogP contribution in [0.25, 0.3) is 0 Å². The van der Waals surface area contributed by atoms with Gasteiger partial charge < -0.3 is 15.0 Å². The molecule has 0 bridgehead atoms. The molecule has 0 fully saturated rings. The summed E-state index contributed by atoms with van der Waals surface area (Å²) in [6, 6.07) is 12.5. The van der Waals surface area contributed by atoms with E-state index in [-0.39, 0.29) is 12.5 Å². The highest BCUT2D eigenvalue weighted by Gasteiger charge is 2.31. The Morgan fingerprint density at radius 3 is 2.25 bits per heavy atom. The van der Waals surface area contributed by atoms with Gasteiger partial charge in [0.05, 0.1) is 19.1 Å². The van der Waals surface area contributed by atoms with Gasteiger partial charge in [0.2, 0.25) is 21.8 Å². The number of hydrogen-bond donors (Lipinski definition) is 1. The van der Waals surface area contributed by atoms with Gasteiger partial charge in [-0.2, -0.15) is 0 Å². The highest BCUT2D eigenvalue weighted by atomic mass is 35.5. The Hall–Kier alpha value is -2.78. The van der Waals surface area contributed by atoms with Crippen LogP contribution < -0.4 is 14.4 Å². The van der Waals surface area contributed by atoms with E-state index in [0.717, 1.165) is 10.6 Å². The van der Waals surface area contributed by atoms with Crippen molar-refractivity contribution in [3.63, 3.8) is 0 Å². The molecular formula is C22H28ClN3O5S. The van der Waals surface area contributed by atoms with Crippen LogP contribution in [-0.2, 0) is 26.2 Å². The van der Waals surface area contributed by atoms with Gasteiger partial charge in [-0.1, -0.05) is 36.7 Å². The third-order valence-electron chi connectivity index (χ3n) is 4.97. The second kappa shape index (κ2) is 11.2. The van der Waals surface area contributed by atoms with Crippen LogP contribution in [0.15, 0.2) is 48.5 Å². The number of nitrogens with zero attached hydrogens (tertiary/aromatic N) is 2. The molecule has 0 spiro atoms. The first kappa shape index (κ1) is 25.5. The Kier molecular flexibility index (Phi) is 8.91. The number of likely N-dealkylation sites (N-methyl/N-ethyl adjacent to an activating group) is 1. The Bertz CT molecular complexity index is 1040. The molecular weight excluding hydrogens is 454 g/mol. The molecule has 0 unspecified atom stereocenters. The van der Waals surface area contributed by atoms with Crippen molar-refractivity contribution < 1.29 is 22.7 Å². The first-order chi connectivity index (χ1) is 15.1. The Morgan fingerprint density at radius 2 is 1.75 bits per heavy atom. The molecule has 0 aromatic heterocycles. The van der Waals surface area contributed by atoms with Crippen molar-refractivity contribution in [3.8, 4) is 5.75 Å². The lowest BCUT2D eigenvalue weighted by molar-refractivity contribution is -0.140. The summed E-state index contributed by atoms with van der Waals surface area (Å²) in [6.07, 6.45) is 1.37. The first-order valence-electron chi connectivity index (χ1n) is 9.98. The second-order valence-corrected chi connectivity index (χ2v) is 9.43. The minimum Gasteiger partial charge on any atom is -0.497 e. The van der Waals surface area contributed by atoms with Crippen molar-refractivity contribution in [1.82, 2.24) is 10.2 Å². The number of carbonyl (C=O) groups excluding carboxylic acids is 2. The van der Waals surface area contributed by atoms with Crippen LogP contribution >= 0.6 is 11.6 Å². The van der Waals surface area contributed by atoms with Crippen molar-refractivity contribution in [2.75, 3.05) is 31.3 Å². The molecule has 1 atom stereocenters. The first-order valence-corrected chi connectivity index (χ1v) is 12.2. The van der Waals surface area contributed by atoms with Crippen LogP contribution in [0.1, 0.15) is 18.9 Å². The van der Waals surface area contributed by atoms with Gasteiger partial charge >= 0.3 is 0 Å². The predicted octanol–water partition coefficient (Wildman–Crippen LogP) is 2.67. The fourth-order valence-electron chi connectivity index (χ4n) is 3.26. The SMILES string of the molecule is CC[C@H](C(=O)NC)N(Cc1ccccc1Cl)C(=O)CN(c1ccc(OC)cc1)S(C)(=O)=O. The molecule has 0 saturated carbocycles. The topological polar surface area (TPSA) is 96.0 Å². The van der Waals surface area contributed by atoms with E-state index in [1.54, 1.807) is 55.5 Å². The molecule has 0 aliphatic heterocycles. The normalized spacial score (nSPS) is 12.0. The number of hydrogen-bond acceptors (Lipinski definition) is 5. The molecule has 2 aromatic carbocycles. The van der Waals surface area contributed by atoms with Gasteiger partial charge in [-0.25, -0.2) is 8.42 Å². The third-order valence-corrected chi connectivity index (χ3v) is 6.48. The lowest BCUT2D eigenvalue weighted by atomic mass is 10.1. The highest BCUT2D eigenvalue weighted by Crippen LogP contribution is 2.23. The minimum absolute atomic E-state index is 0.0602. The average Bonchev–Trinajstić information content (AvgIpc) is 2.77. The summed E-state index contributed by atoms with van der Waals surface area (Å²) in [5, 5.41) is 3.02. The van der Waals surface area contributed by atoms with Crippen LogP contribution in [0.4, 0.5) is 5.69 Å². The third kappa shape index (κ3) is 6.37. The van der Waals surface area contributed by atoms with Crippen LogP contribution in [0.2, 0.25) is 5.02 Å². The molecule has 0 saturated heterocycles. The van der Waals surface area contributed by atoms with Crippen molar-refractivity contribution in [1.29, 1.82) is 0 Å². The summed E-state index contributed by atoms with van der Waals surface area (Å²) < 4.78 is 31.1. The fraction of sp³-hybridized carbons (Fsp3) is 0.364. The zero-order valence-electron chi connectivity index (χ0n) is 18.5. The quantitative estimate of drug-likeness (QED) is 0.562. The predicted molar refractivity (Wildman–Crippen MR) is 125 cm³/mol. The van der Waals surface area contributed by atoms with Crippen LogP contribution in [0.5, 0.6) is 5.75 Å². The van der Waals surface area contributed by atoms with Gasteiger partial charge in [-0.15, -0.1) is 0 Å². The van der Waals surface area contributed by atoms with Crippen LogP contribution in [-0.4, -0.2) is 58.1 Å². The number of rotatable bonds is 10. The molecule has 174 valence electrons. The van der Waals surface area contributed by atoms with E-state index < -0.39 is 28.5 Å². The molecule has 2 rings (SSSR count). The fourth-order valence-corrected chi connectivity index (χ4v) is 4.30. The summed E-state index contributed by atoms with van der Waals surface area (Å²) in [6.45, 7) is 1.37. The summed E-state index contributed by atoms with van der Waals surface area (Å²) in [4.78, 5) is 27.3. The van der Waals surface area contributed by atoms with E-state index >= 15 is 0 Å². The Labute approximate surface area is 194 Å². The molecule has 8 nitrogen and oxygen atoms in total. The van der Waals surface area contributed by atoms with Gasteiger partial charge in [0, 0.05) is 18.6 Å². The van der Waals surface area contributed by atoms with Crippen molar-refractivity contribution in [2.24, 2.45) is 0 Å². The number of amides is 2. The largest absolute Gasteiger partial charge is 0.497 e. The second-order valence-electron chi connectivity index (χ2n) is 7.12. The van der Waals surface area contributed by atoms with Crippen molar-refractivity contribution in [2.45, 2.75) is 25.9 Å². The maximum Gasteiger partial charge on any atom is 0.244 e. The number of ether oxygens (including phenoxy) is 1. The zero-order chi connectivity index (χ0) is 23.9. The Balaban J connectivity index is 2.42. The van der Waals surface area contributed by atoms with E-state index in [2.05, 4.69) is 5.32 Å². The lowest BCUT2D eigenvalue weighted by Gasteiger charge is -2.32. The monoisotopic (exact) mass is 481 g/mol. The summed E-state index contributed by atoms with van der Waals surface area (Å²) in [7, 11) is -0.794. The average molecular weight is 482 g/mol. The number of anilines is 1. The van der Waals surface area contributed by atoms with E-state index in [0.29, 0.717) is 28.4 Å². The van der Waals surface area contributed by atoms with E-state index in [1.165, 1.54) is 19.1 Å². The Morgan fingerprint density at radius 1 is 1.12 bits per heavy atom. The summed E-state index contributed by atoms with van der Waals surface area (Å²) in [5.74, 6) is -0.315. The van der Waals surface area contributed by atoms with Gasteiger partial charge in [0.1, 0.15) is 18.3 Å². The van der Waals surface area contributed by atoms with Gasteiger partial charge in [0.15, 0.2) is 0 Å². The van der Waals surface area contributed by atoms with Crippen molar-refractivity contribution >= 4 is 39.1 Å². The van der Waals surface area contributed by atoms with Crippen molar-refractivity contribution in [3.05, 3.63) is 59.1 Å². The van der Waals surface area contributed by atoms with Crippen LogP contribution in [0.3, 0.4) is 0 Å². The number of halogens is 1. The zero-order valence-corrected chi connectivity index (χ0v) is 20.1. The molecule has 1 N–H and O–H groups in total. The lowest BCUT2D eigenvalue weighted by Crippen LogP contribution is -2.51. The highest BCUT2D eigenvalue weighted by molar-refractivity contribution is 7.92. The molecule has 0 radical (unpaired) electrons. The molecule has 2 amide bonds. The molecule has 32 heavy (non-hydrogen) atoms. The molecule has 0 heterocycles. The minimum atomic E-state index is -3.79. The molecule has 2 aromatic rings. The standard InChI is InChI=1S/C22H28ClN3O5S/c1-5-20(22(28)24-2)25(14-16-8-6-7-9-19(16)23)21(27)15-26(32(4,29)30)17-10-12-18(31-3)13-11-17/h6-13,20H,5,14-15H2,1-4H3,(H,24,28)/t20-/m1/s1.